The lowest BCUT2D eigenvalue weighted by molar-refractivity contribution is -0.151. The van der Waals surface area contributed by atoms with Crippen LogP contribution in [0.5, 0.6) is 0 Å². The smallest absolute Gasteiger partial charge is 0.306 e. The number of hydrogen-bond donors (Lipinski definition) is 3. The summed E-state index contributed by atoms with van der Waals surface area (Å²) in [7, 11) is 0. The molecule has 0 radical (unpaired) electrons. The van der Waals surface area contributed by atoms with E-state index < -0.39 is 18.2 Å². The quantitative estimate of drug-likeness (QED) is 0.0325. The number of amides is 1. The van der Waals surface area contributed by atoms with Crippen LogP contribution in [0.25, 0.3) is 0 Å². The van der Waals surface area contributed by atoms with Gasteiger partial charge in [-0.15, -0.1) is 0 Å². The van der Waals surface area contributed by atoms with Crippen molar-refractivity contribution in [3.8, 4) is 0 Å². The van der Waals surface area contributed by atoms with Gasteiger partial charge in [0.1, 0.15) is 6.10 Å². The van der Waals surface area contributed by atoms with Crippen LogP contribution in [-0.2, 0) is 14.3 Å². The summed E-state index contributed by atoms with van der Waals surface area (Å²) in [6, 6.07) is -0.706. The lowest BCUT2D eigenvalue weighted by Gasteiger charge is -2.24. The van der Waals surface area contributed by atoms with E-state index >= 15 is 0 Å². The second-order valence-electron chi connectivity index (χ2n) is 16.2. The van der Waals surface area contributed by atoms with Gasteiger partial charge in [-0.3, -0.25) is 9.59 Å². The summed E-state index contributed by atoms with van der Waals surface area (Å²) in [6.45, 7) is 6.31. The standard InChI is InChI=1S/C50H91NO5/c1-4-7-10-13-16-19-21-23-24-25-27-28-30-33-36-39-42-48(53)47(45-52)51-49(54)44-46(41-38-35-32-18-15-12-9-6-3)56-50(55)43-40-37-34-31-29-26-22-20-17-14-11-8-5-2/h8,11,14,17,20,22,26,29,46-48,52-53H,4-7,9-10,12-13,15-16,18-19,21,23-25,27-28,30-45H2,1-3H3,(H,51,54)/b11-8+,17-14+,22-20-,29-26-. The van der Waals surface area contributed by atoms with Gasteiger partial charge in [-0.1, -0.05) is 223 Å². The van der Waals surface area contributed by atoms with Crippen molar-refractivity contribution in [2.45, 2.75) is 251 Å². The van der Waals surface area contributed by atoms with E-state index in [1.807, 2.05) is 30.4 Å². The number of esters is 1. The van der Waals surface area contributed by atoms with Gasteiger partial charge in [0, 0.05) is 6.42 Å². The van der Waals surface area contributed by atoms with Crippen molar-refractivity contribution in [2.75, 3.05) is 6.61 Å². The highest BCUT2D eigenvalue weighted by Gasteiger charge is 2.24. The fraction of sp³-hybridized carbons (Fsp3) is 0.800. The Morgan fingerprint density at radius 3 is 1.45 bits per heavy atom. The number of unbranched alkanes of at least 4 members (excludes halogenated alkanes) is 25. The minimum absolute atomic E-state index is 0.0624. The molecular formula is C50H91NO5. The van der Waals surface area contributed by atoms with E-state index in [0.29, 0.717) is 19.3 Å². The van der Waals surface area contributed by atoms with Gasteiger partial charge in [0.2, 0.25) is 5.91 Å². The van der Waals surface area contributed by atoms with Crippen molar-refractivity contribution in [3.05, 3.63) is 48.6 Å². The maximum atomic E-state index is 13.1. The first-order valence-electron chi connectivity index (χ1n) is 23.9. The number of carbonyl (C=O) groups excluding carboxylic acids is 2. The maximum Gasteiger partial charge on any atom is 0.306 e. The Morgan fingerprint density at radius 2 is 0.964 bits per heavy atom. The molecule has 56 heavy (non-hydrogen) atoms. The third kappa shape index (κ3) is 38.7. The zero-order valence-electron chi connectivity index (χ0n) is 37.0. The summed E-state index contributed by atoms with van der Waals surface area (Å²) in [6.07, 6.45) is 51.8. The molecule has 3 atom stereocenters. The predicted octanol–water partition coefficient (Wildman–Crippen LogP) is 13.9. The molecule has 6 nitrogen and oxygen atoms in total. The van der Waals surface area contributed by atoms with E-state index in [4.69, 9.17) is 4.74 Å². The van der Waals surface area contributed by atoms with E-state index in [1.54, 1.807) is 0 Å². The van der Waals surface area contributed by atoms with Crippen LogP contribution in [0.2, 0.25) is 0 Å². The second-order valence-corrected chi connectivity index (χ2v) is 16.2. The first kappa shape index (κ1) is 53.8. The molecule has 0 bridgehead atoms. The van der Waals surface area contributed by atoms with Crippen LogP contribution in [0.4, 0.5) is 0 Å². The second kappa shape index (κ2) is 43.9. The number of ether oxygens (including phenoxy) is 1. The molecule has 0 saturated carbocycles. The highest BCUT2D eigenvalue weighted by molar-refractivity contribution is 5.77. The Kier molecular flexibility index (Phi) is 42.2. The minimum atomic E-state index is -0.792. The molecule has 0 aromatic carbocycles. The zero-order valence-corrected chi connectivity index (χ0v) is 37.0. The van der Waals surface area contributed by atoms with Crippen LogP contribution >= 0.6 is 0 Å². The van der Waals surface area contributed by atoms with Crippen molar-refractivity contribution < 1.29 is 24.5 Å². The van der Waals surface area contributed by atoms with Crippen molar-refractivity contribution in [3.63, 3.8) is 0 Å². The van der Waals surface area contributed by atoms with Crippen LogP contribution in [0.15, 0.2) is 48.6 Å². The van der Waals surface area contributed by atoms with Crippen LogP contribution in [0, 0.1) is 0 Å². The van der Waals surface area contributed by atoms with Crippen molar-refractivity contribution >= 4 is 11.9 Å². The van der Waals surface area contributed by atoms with Gasteiger partial charge in [0.15, 0.2) is 0 Å². The van der Waals surface area contributed by atoms with E-state index in [1.165, 1.54) is 116 Å². The maximum absolute atomic E-state index is 13.1. The predicted molar refractivity (Wildman–Crippen MR) is 241 cm³/mol. The number of aliphatic hydroxyl groups excluding tert-OH is 2. The first-order valence-corrected chi connectivity index (χ1v) is 23.9. The number of carbonyl (C=O) groups is 2. The minimum Gasteiger partial charge on any atom is -0.462 e. The van der Waals surface area contributed by atoms with Gasteiger partial charge in [-0.05, 0) is 44.9 Å². The summed E-state index contributed by atoms with van der Waals surface area (Å²) in [5.74, 6) is -0.520. The SMILES string of the molecule is CC/C=C/C=C/C=C\C=C/CCCCCC(=O)OC(CCCCCCCCCC)CC(=O)NC(CO)C(O)CCCCCCCCCCCCCCCCCC. The average Bonchev–Trinajstić information content (AvgIpc) is 3.19. The fourth-order valence-electron chi connectivity index (χ4n) is 7.15. The molecule has 3 unspecified atom stereocenters. The average molecular weight is 786 g/mol. The summed E-state index contributed by atoms with van der Waals surface area (Å²) in [5, 5.41) is 23.7. The molecule has 326 valence electrons. The molecular weight excluding hydrogens is 695 g/mol. The molecule has 0 rings (SSSR count). The number of aliphatic hydroxyl groups is 2. The Hall–Kier alpha value is -2.18. The highest BCUT2D eigenvalue weighted by atomic mass is 16.5. The molecule has 0 aliphatic carbocycles. The zero-order chi connectivity index (χ0) is 41.0. The molecule has 0 aromatic heterocycles. The molecule has 0 aliphatic heterocycles. The largest absolute Gasteiger partial charge is 0.462 e. The molecule has 0 saturated heterocycles. The number of nitrogens with one attached hydrogen (secondary N) is 1. The summed E-state index contributed by atoms with van der Waals surface area (Å²) in [5.41, 5.74) is 0. The van der Waals surface area contributed by atoms with Crippen LogP contribution in [0.1, 0.15) is 233 Å². The lowest BCUT2D eigenvalue weighted by atomic mass is 10.0. The first-order chi connectivity index (χ1) is 27.5. The number of hydrogen-bond acceptors (Lipinski definition) is 5. The highest BCUT2D eigenvalue weighted by Crippen LogP contribution is 2.18. The monoisotopic (exact) mass is 786 g/mol. The van der Waals surface area contributed by atoms with Gasteiger partial charge >= 0.3 is 5.97 Å². The van der Waals surface area contributed by atoms with Crippen LogP contribution in [-0.4, -0.2) is 46.9 Å². The normalized spacial score (nSPS) is 13.7. The van der Waals surface area contributed by atoms with Crippen LogP contribution < -0.4 is 5.32 Å². The van der Waals surface area contributed by atoms with Gasteiger partial charge < -0.3 is 20.3 Å². The third-order valence-corrected chi connectivity index (χ3v) is 10.8. The summed E-state index contributed by atoms with van der Waals surface area (Å²) in [4.78, 5) is 25.9. The van der Waals surface area contributed by atoms with E-state index in [2.05, 4.69) is 44.3 Å². The lowest BCUT2D eigenvalue weighted by Crippen LogP contribution is -2.46. The van der Waals surface area contributed by atoms with Crippen molar-refractivity contribution in [1.82, 2.24) is 5.32 Å². The molecule has 0 spiro atoms. The molecule has 3 N–H and O–H groups in total. The fourth-order valence-corrected chi connectivity index (χ4v) is 7.15. The number of allylic oxidation sites excluding steroid dienone is 8. The van der Waals surface area contributed by atoms with Crippen LogP contribution in [0.3, 0.4) is 0 Å². The third-order valence-electron chi connectivity index (χ3n) is 10.8. The van der Waals surface area contributed by atoms with E-state index in [9.17, 15) is 19.8 Å². The van der Waals surface area contributed by atoms with E-state index in [0.717, 1.165) is 70.6 Å². The van der Waals surface area contributed by atoms with Gasteiger partial charge in [-0.25, -0.2) is 0 Å². The molecule has 0 heterocycles. The van der Waals surface area contributed by atoms with Gasteiger partial charge in [0.25, 0.3) is 0 Å². The molecule has 0 aromatic rings. The number of rotatable bonds is 42. The Balaban J connectivity index is 4.47. The molecule has 6 heteroatoms. The topological polar surface area (TPSA) is 95.9 Å². The molecule has 0 aliphatic rings. The molecule has 0 fully saturated rings. The van der Waals surface area contributed by atoms with E-state index in [-0.39, 0.29) is 24.9 Å². The summed E-state index contributed by atoms with van der Waals surface area (Å²) >= 11 is 0. The molecule has 1 amide bonds. The Labute approximate surface area is 346 Å². The Morgan fingerprint density at radius 1 is 0.536 bits per heavy atom. The summed E-state index contributed by atoms with van der Waals surface area (Å²) < 4.78 is 5.87. The van der Waals surface area contributed by atoms with Gasteiger partial charge in [-0.2, -0.15) is 0 Å². The van der Waals surface area contributed by atoms with Crippen molar-refractivity contribution in [1.29, 1.82) is 0 Å². The van der Waals surface area contributed by atoms with Gasteiger partial charge in [0.05, 0.1) is 25.2 Å². The Bertz CT molecular complexity index is 972. The van der Waals surface area contributed by atoms with Crippen molar-refractivity contribution in [2.24, 2.45) is 0 Å².